The van der Waals surface area contributed by atoms with Gasteiger partial charge < -0.3 is 19.7 Å². The third-order valence-electron chi connectivity index (χ3n) is 5.33. The van der Waals surface area contributed by atoms with Gasteiger partial charge in [0.2, 0.25) is 0 Å². The molecule has 1 aliphatic rings. The Morgan fingerprint density at radius 3 is 2.64 bits per heavy atom. The van der Waals surface area contributed by atoms with E-state index in [1.165, 1.54) is 11.3 Å². The summed E-state index contributed by atoms with van der Waals surface area (Å²) in [6.45, 7) is 8.03. The molecule has 1 aromatic carbocycles. The largest absolute Gasteiger partial charge is 0.378 e. The van der Waals surface area contributed by atoms with E-state index >= 15 is 0 Å². The molecule has 0 bridgehead atoms. The molecular formula is C21H33IN6. The minimum absolute atomic E-state index is 0. The molecule has 2 unspecified atom stereocenters. The maximum atomic E-state index is 4.92. The fraction of sp³-hybridized carbons (Fsp3) is 0.524. The Labute approximate surface area is 186 Å². The van der Waals surface area contributed by atoms with Crippen LogP contribution >= 0.6 is 24.0 Å². The number of halogens is 1. The van der Waals surface area contributed by atoms with Crippen LogP contribution in [0.25, 0.3) is 0 Å². The summed E-state index contributed by atoms with van der Waals surface area (Å²) in [6.07, 6.45) is 7.02. The van der Waals surface area contributed by atoms with Crippen molar-refractivity contribution in [3.8, 4) is 0 Å². The molecule has 0 saturated carbocycles. The van der Waals surface area contributed by atoms with E-state index in [2.05, 4.69) is 83.1 Å². The lowest BCUT2D eigenvalue weighted by Crippen LogP contribution is -2.49. The van der Waals surface area contributed by atoms with Gasteiger partial charge in [-0.05, 0) is 37.0 Å². The van der Waals surface area contributed by atoms with Crippen molar-refractivity contribution in [2.75, 3.05) is 38.6 Å². The summed E-state index contributed by atoms with van der Waals surface area (Å²) < 4.78 is 2.24. The molecule has 2 atom stereocenters. The highest BCUT2D eigenvalue weighted by Gasteiger charge is 2.28. The van der Waals surface area contributed by atoms with Crippen LogP contribution < -0.4 is 10.2 Å². The van der Waals surface area contributed by atoms with Gasteiger partial charge in [0.15, 0.2) is 5.96 Å². The first-order valence-corrected chi connectivity index (χ1v) is 9.85. The Balaban J connectivity index is 0.00000280. The molecule has 154 valence electrons. The summed E-state index contributed by atoms with van der Waals surface area (Å²) in [5.41, 5.74) is 2.44. The zero-order valence-corrected chi connectivity index (χ0v) is 19.7. The lowest BCUT2D eigenvalue weighted by molar-refractivity contribution is 0.189. The van der Waals surface area contributed by atoms with Crippen LogP contribution in [0.15, 0.2) is 48.0 Å². The van der Waals surface area contributed by atoms with Crippen LogP contribution in [0.4, 0.5) is 5.69 Å². The van der Waals surface area contributed by atoms with E-state index in [4.69, 9.17) is 4.99 Å². The first-order valence-electron chi connectivity index (χ1n) is 9.85. The summed E-state index contributed by atoms with van der Waals surface area (Å²) >= 11 is 0. The predicted molar refractivity (Wildman–Crippen MR) is 128 cm³/mol. The van der Waals surface area contributed by atoms with E-state index in [1.807, 2.05) is 12.5 Å². The van der Waals surface area contributed by atoms with Crippen molar-refractivity contribution >= 4 is 35.6 Å². The molecule has 0 radical (unpaired) electrons. The number of likely N-dealkylation sites (tertiary alicyclic amines) is 1. The van der Waals surface area contributed by atoms with Gasteiger partial charge >= 0.3 is 0 Å². The van der Waals surface area contributed by atoms with Crippen molar-refractivity contribution in [1.82, 2.24) is 19.8 Å². The number of hydrogen-bond donors (Lipinski definition) is 1. The molecular weight excluding hydrogens is 463 g/mol. The highest BCUT2D eigenvalue weighted by atomic mass is 127. The van der Waals surface area contributed by atoms with Gasteiger partial charge in [-0.3, -0.25) is 0 Å². The minimum Gasteiger partial charge on any atom is -0.378 e. The zero-order chi connectivity index (χ0) is 19.2. The van der Waals surface area contributed by atoms with E-state index in [-0.39, 0.29) is 24.0 Å². The highest BCUT2D eigenvalue weighted by molar-refractivity contribution is 14.0. The Kier molecular flexibility index (Phi) is 8.59. The molecule has 7 heteroatoms. The number of imidazole rings is 1. The highest BCUT2D eigenvalue weighted by Crippen LogP contribution is 2.27. The maximum Gasteiger partial charge on any atom is 0.194 e. The van der Waals surface area contributed by atoms with Crippen molar-refractivity contribution in [2.24, 2.45) is 10.9 Å². The fourth-order valence-corrected chi connectivity index (χ4v) is 3.59. The van der Waals surface area contributed by atoms with Crippen molar-refractivity contribution in [1.29, 1.82) is 0 Å². The third kappa shape index (κ3) is 5.62. The molecule has 1 aromatic heterocycles. The van der Waals surface area contributed by atoms with Crippen molar-refractivity contribution in [3.63, 3.8) is 0 Å². The molecule has 0 amide bonds. The maximum absolute atomic E-state index is 4.92. The molecule has 1 fully saturated rings. The average Bonchev–Trinajstić information content (AvgIpc) is 3.20. The molecule has 1 saturated heterocycles. The summed E-state index contributed by atoms with van der Waals surface area (Å²) in [5, 5.41) is 3.48. The van der Waals surface area contributed by atoms with Crippen molar-refractivity contribution < 1.29 is 0 Å². The number of aliphatic imine (C=N–C) groups is 1. The number of nitrogens with one attached hydrogen (secondary N) is 1. The van der Waals surface area contributed by atoms with Gasteiger partial charge in [-0.15, -0.1) is 24.0 Å². The number of nitrogens with zero attached hydrogens (tertiary/aromatic N) is 5. The first kappa shape index (κ1) is 22.5. The molecule has 0 spiro atoms. The summed E-state index contributed by atoms with van der Waals surface area (Å²) in [4.78, 5) is 13.6. The lowest BCUT2D eigenvalue weighted by atomic mass is 9.93. The van der Waals surface area contributed by atoms with Crippen LogP contribution in [0.2, 0.25) is 0 Å². The van der Waals surface area contributed by atoms with E-state index in [9.17, 15) is 0 Å². The fourth-order valence-electron chi connectivity index (χ4n) is 3.59. The second kappa shape index (κ2) is 10.7. The molecule has 1 aliphatic heterocycles. The third-order valence-corrected chi connectivity index (χ3v) is 5.33. The molecule has 0 aliphatic carbocycles. The van der Waals surface area contributed by atoms with Gasteiger partial charge in [0.1, 0.15) is 0 Å². The standard InChI is InChI=1S/C21H32N6.HI/c1-5-23-21(24-14-18-6-8-19(9-7-18)25(3)4)26-12-10-17(2)20(15-26)27-13-11-22-16-27;/h6-9,11,13,16-17,20H,5,10,12,14-15H2,1-4H3,(H,23,24);1H. The van der Waals surface area contributed by atoms with Gasteiger partial charge in [-0.25, -0.2) is 9.98 Å². The minimum atomic E-state index is 0. The summed E-state index contributed by atoms with van der Waals surface area (Å²) in [5.74, 6) is 1.64. The van der Waals surface area contributed by atoms with Crippen molar-refractivity contribution in [3.05, 3.63) is 48.5 Å². The number of aromatic nitrogens is 2. The van der Waals surface area contributed by atoms with E-state index in [0.717, 1.165) is 32.0 Å². The number of guanidine groups is 1. The molecule has 1 N–H and O–H groups in total. The lowest BCUT2D eigenvalue weighted by Gasteiger charge is -2.39. The normalized spacial score (nSPS) is 19.9. The molecule has 2 aromatic rings. The number of rotatable bonds is 5. The van der Waals surface area contributed by atoms with E-state index in [0.29, 0.717) is 18.5 Å². The average molecular weight is 496 g/mol. The van der Waals surface area contributed by atoms with E-state index in [1.54, 1.807) is 0 Å². The topological polar surface area (TPSA) is 48.7 Å². The van der Waals surface area contributed by atoms with Crippen LogP contribution in [0.5, 0.6) is 0 Å². The number of anilines is 1. The van der Waals surface area contributed by atoms with E-state index < -0.39 is 0 Å². The SMILES string of the molecule is CCNC(=NCc1ccc(N(C)C)cc1)N1CCC(C)C(n2ccnc2)C1.I. The monoisotopic (exact) mass is 496 g/mol. The summed E-state index contributed by atoms with van der Waals surface area (Å²) in [6, 6.07) is 9.05. The molecule has 28 heavy (non-hydrogen) atoms. The van der Waals surface area contributed by atoms with Gasteiger partial charge in [-0.2, -0.15) is 0 Å². The molecule has 6 nitrogen and oxygen atoms in total. The van der Waals surface area contributed by atoms with Gasteiger partial charge in [0.25, 0.3) is 0 Å². The first-order chi connectivity index (χ1) is 13.1. The Hall–Kier alpha value is -1.77. The Bertz CT molecular complexity index is 726. The Morgan fingerprint density at radius 2 is 2.04 bits per heavy atom. The van der Waals surface area contributed by atoms with Crippen LogP contribution in [-0.2, 0) is 6.54 Å². The second-order valence-corrected chi connectivity index (χ2v) is 7.52. The Morgan fingerprint density at radius 1 is 1.29 bits per heavy atom. The van der Waals surface area contributed by atoms with Gasteiger partial charge in [0.05, 0.1) is 18.9 Å². The van der Waals surface area contributed by atoms with Crippen LogP contribution in [0.1, 0.15) is 31.9 Å². The van der Waals surface area contributed by atoms with Gasteiger partial charge in [0, 0.05) is 51.8 Å². The van der Waals surface area contributed by atoms with Crippen molar-refractivity contribution in [2.45, 2.75) is 32.9 Å². The summed E-state index contributed by atoms with van der Waals surface area (Å²) in [7, 11) is 4.12. The number of piperidine rings is 1. The number of hydrogen-bond acceptors (Lipinski definition) is 3. The second-order valence-electron chi connectivity index (χ2n) is 7.52. The van der Waals surface area contributed by atoms with Crippen LogP contribution in [0.3, 0.4) is 0 Å². The van der Waals surface area contributed by atoms with Crippen LogP contribution in [-0.4, -0.2) is 54.1 Å². The quantitative estimate of drug-likeness (QED) is 0.391. The van der Waals surface area contributed by atoms with Crippen LogP contribution in [0, 0.1) is 5.92 Å². The van der Waals surface area contributed by atoms with Gasteiger partial charge in [-0.1, -0.05) is 19.1 Å². The number of benzene rings is 1. The molecule has 3 rings (SSSR count). The zero-order valence-electron chi connectivity index (χ0n) is 17.4. The predicted octanol–water partition coefficient (Wildman–Crippen LogP) is 3.62. The molecule has 2 heterocycles. The smallest absolute Gasteiger partial charge is 0.194 e.